The summed E-state index contributed by atoms with van der Waals surface area (Å²) >= 11 is 0. The van der Waals surface area contributed by atoms with Crippen molar-refractivity contribution >= 4 is 6.03 Å². The first-order valence-corrected chi connectivity index (χ1v) is 3.98. The van der Waals surface area contributed by atoms with E-state index < -0.39 is 0 Å². The van der Waals surface area contributed by atoms with Crippen LogP contribution < -0.4 is 11.1 Å². The monoisotopic (exact) mass is 157 g/mol. The van der Waals surface area contributed by atoms with Crippen molar-refractivity contribution in [3.8, 4) is 0 Å². The van der Waals surface area contributed by atoms with Gasteiger partial charge in [-0.3, -0.25) is 0 Å². The molecule has 0 aromatic carbocycles. The van der Waals surface area contributed by atoms with Crippen LogP contribution in [0.25, 0.3) is 0 Å². The second-order valence-corrected chi connectivity index (χ2v) is 2.78. The Kier molecular flexibility index (Phi) is 2.70. The molecule has 4 nitrogen and oxygen atoms in total. The number of amides is 2. The molecule has 0 aliphatic carbocycles. The van der Waals surface area contributed by atoms with Gasteiger partial charge in [0.2, 0.25) is 0 Å². The van der Waals surface area contributed by atoms with Crippen molar-refractivity contribution in [1.82, 2.24) is 10.2 Å². The number of nitrogens with zero attached hydrogens (tertiary/aromatic N) is 1. The van der Waals surface area contributed by atoms with E-state index in [1.807, 2.05) is 0 Å². The van der Waals surface area contributed by atoms with Crippen LogP contribution in [-0.4, -0.2) is 37.1 Å². The van der Waals surface area contributed by atoms with E-state index in [0.29, 0.717) is 6.54 Å². The van der Waals surface area contributed by atoms with Crippen LogP contribution in [-0.2, 0) is 0 Å². The number of hydrogen-bond donors (Lipinski definition) is 2. The number of hydrogen-bond acceptors (Lipinski definition) is 2. The maximum atomic E-state index is 11.1. The molecular weight excluding hydrogens is 142 g/mol. The number of likely N-dealkylation sites (tertiary alicyclic amines) is 1. The molecule has 0 bridgehead atoms. The van der Waals surface area contributed by atoms with Gasteiger partial charge in [0.1, 0.15) is 0 Å². The van der Waals surface area contributed by atoms with Crippen molar-refractivity contribution in [1.29, 1.82) is 0 Å². The highest BCUT2D eigenvalue weighted by Crippen LogP contribution is 2.15. The van der Waals surface area contributed by atoms with Gasteiger partial charge in [-0.25, -0.2) is 4.79 Å². The van der Waals surface area contributed by atoms with Gasteiger partial charge >= 0.3 is 6.03 Å². The molecule has 0 aromatic rings. The van der Waals surface area contributed by atoms with Gasteiger partial charge in [-0.15, -0.1) is 0 Å². The summed E-state index contributed by atoms with van der Waals surface area (Å²) in [6.07, 6.45) is 2.12. The first kappa shape index (κ1) is 8.33. The first-order valence-electron chi connectivity index (χ1n) is 3.98. The van der Waals surface area contributed by atoms with Crippen LogP contribution in [0.5, 0.6) is 0 Å². The van der Waals surface area contributed by atoms with Crippen molar-refractivity contribution in [3.63, 3.8) is 0 Å². The van der Waals surface area contributed by atoms with Crippen molar-refractivity contribution in [2.24, 2.45) is 5.73 Å². The minimum absolute atomic E-state index is 0.00190. The van der Waals surface area contributed by atoms with Crippen LogP contribution in [0.1, 0.15) is 12.8 Å². The topological polar surface area (TPSA) is 58.4 Å². The lowest BCUT2D eigenvalue weighted by molar-refractivity contribution is 0.196. The van der Waals surface area contributed by atoms with Gasteiger partial charge in [-0.05, 0) is 12.8 Å². The second kappa shape index (κ2) is 3.57. The molecule has 1 saturated heterocycles. The average molecular weight is 157 g/mol. The summed E-state index contributed by atoms with van der Waals surface area (Å²) < 4.78 is 0. The number of carbonyl (C=O) groups excluding carboxylic acids is 1. The SMILES string of the molecule is CNC(=O)N1CCCC1CN. The first-order chi connectivity index (χ1) is 5.29. The summed E-state index contributed by atoms with van der Waals surface area (Å²) in [6, 6.07) is 0.257. The molecule has 1 unspecified atom stereocenters. The van der Waals surface area contributed by atoms with E-state index in [1.54, 1.807) is 11.9 Å². The summed E-state index contributed by atoms with van der Waals surface area (Å²) in [4.78, 5) is 12.9. The van der Waals surface area contributed by atoms with Crippen LogP contribution in [0, 0.1) is 0 Å². The molecule has 1 atom stereocenters. The highest BCUT2D eigenvalue weighted by atomic mass is 16.2. The summed E-state index contributed by atoms with van der Waals surface area (Å²) in [5.41, 5.74) is 5.50. The Morgan fingerprint density at radius 2 is 2.55 bits per heavy atom. The van der Waals surface area contributed by atoms with Crippen LogP contribution >= 0.6 is 0 Å². The predicted octanol–water partition coefficient (Wildman–Crippen LogP) is -0.251. The Morgan fingerprint density at radius 3 is 3.09 bits per heavy atom. The molecule has 0 radical (unpaired) electrons. The standard InChI is InChI=1S/C7H15N3O/c1-9-7(11)10-4-2-3-6(10)5-8/h6H,2-5,8H2,1H3,(H,9,11). The highest BCUT2D eigenvalue weighted by Gasteiger charge is 2.26. The molecule has 0 aromatic heterocycles. The van der Waals surface area contributed by atoms with E-state index in [2.05, 4.69) is 5.32 Å². The molecule has 4 heteroatoms. The molecule has 1 aliphatic heterocycles. The zero-order chi connectivity index (χ0) is 8.27. The van der Waals surface area contributed by atoms with Crippen molar-refractivity contribution < 1.29 is 4.79 Å². The summed E-state index contributed by atoms with van der Waals surface area (Å²) in [7, 11) is 1.65. The highest BCUT2D eigenvalue weighted by molar-refractivity contribution is 5.74. The zero-order valence-corrected chi connectivity index (χ0v) is 6.84. The van der Waals surface area contributed by atoms with Gasteiger partial charge in [0.05, 0.1) is 0 Å². The summed E-state index contributed by atoms with van der Waals surface area (Å²) in [6.45, 7) is 1.43. The van der Waals surface area contributed by atoms with Crippen molar-refractivity contribution in [3.05, 3.63) is 0 Å². The van der Waals surface area contributed by atoms with Gasteiger partial charge in [0.25, 0.3) is 0 Å². The molecule has 1 aliphatic rings. The maximum Gasteiger partial charge on any atom is 0.317 e. The van der Waals surface area contributed by atoms with Crippen LogP contribution in [0.15, 0.2) is 0 Å². The Balaban J connectivity index is 2.49. The van der Waals surface area contributed by atoms with Crippen LogP contribution in [0.2, 0.25) is 0 Å². The Bertz CT molecular complexity index is 149. The Hall–Kier alpha value is -0.770. The number of nitrogens with two attached hydrogens (primary N) is 1. The van der Waals surface area contributed by atoms with Gasteiger partial charge in [-0.1, -0.05) is 0 Å². The van der Waals surface area contributed by atoms with Gasteiger partial charge < -0.3 is 16.0 Å². The van der Waals surface area contributed by atoms with Gasteiger partial charge in [0.15, 0.2) is 0 Å². The summed E-state index contributed by atoms with van der Waals surface area (Å²) in [5.74, 6) is 0. The smallest absolute Gasteiger partial charge is 0.317 e. The lowest BCUT2D eigenvalue weighted by atomic mass is 10.2. The lowest BCUT2D eigenvalue weighted by Gasteiger charge is -2.22. The number of nitrogens with one attached hydrogen (secondary N) is 1. The van der Waals surface area contributed by atoms with Gasteiger partial charge in [-0.2, -0.15) is 0 Å². The third kappa shape index (κ3) is 1.63. The van der Waals surface area contributed by atoms with E-state index in [4.69, 9.17) is 5.73 Å². The van der Waals surface area contributed by atoms with Crippen LogP contribution in [0.4, 0.5) is 4.79 Å². The summed E-state index contributed by atoms with van der Waals surface area (Å²) in [5, 5.41) is 2.60. The van der Waals surface area contributed by atoms with E-state index in [0.717, 1.165) is 19.4 Å². The average Bonchev–Trinajstić information content (AvgIpc) is 2.50. The van der Waals surface area contributed by atoms with Crippen molar-refractivity contribution in [2.75, 3.05) is 20.1 Å². The molecule has 1 rings (SSSR count). The number of carbonyl (C=O) groups is 1. The maximum absolute atomic E-state index is 11.1. The Labute approximate surface area is 66.7 Å². The fourth-order valence-corrected chi connectivity index (χ4v) is 1.49. The molecule has 0 spiro atoms. The van der Waals surface area contributed by atoms with Crippen molar-refractivity contribution in [2.45, 2.75) is 18.9 Å². The second-order valence-electron chi connectivity index (χ2n) is 2.78. The largest absolute Gasteiger partial charge is 0.341 e. The number of rotatable bonds is 1. The minimum Gasteiger partial charge on any atom is -0.341 e. The fraction of sp³-hybridized carbons (Fsp3) is 0.857. The molecule has 0 saturated carbocycles. The minimum atomic E-state index is -0.00190. The van der Waals surface area contributed by atoms with E-state index >= 15 is 0 Å². The molecule has 3 N–H and O–H groups in total. The molecular formula is C7H15N3O. The normalized spacial score (nSPS) is 23.8. The molecule has 2 amide bonds. The lowest BCUT2D eigenvalue weighted by Crippen LogP contribution is -2.44. The molecule has 1 fully saturated rings. The number of urea groups is 1. The van der Waals surface area contributed by atoms with Crippen LogP contribution in [0.3, 0.4) is 0 Å². The zero-order valence-electron chi connectivity index (χ0n) is 6.84. The third-order valence-corrected chi connectivity index (χ3v) is 2.12. The van der Waals surface area contributed by atoms with E-state index in [-0.39, 0.29) is 12.1 Å². The third-order valence-electron chi connectivity index (χ3n) is 2.12. The fourth-order valence-electron chi connectivity index (χ4n) is 1.49. The van der Waals surface area contributed by atoms with Gasteiger partial charge in [0, 0.05) is 26.2 Å². The van der Waals surface area contributed by atoms with E-state index in [9.17, 15) is 4.79 Å². The Morgan fingerprint density at radius 1 is 1.82 bits per heavy atom. The van der Waals surface area contributed by atoms with E-state index in [1.165, 1.54) is 0 Å². The quantitative estimate of drug-likeness (QED) is 0.551. The predicted molar refractivity (Wildman–Crippen MR) is 43.2 cm³/mol. The molecule has 1 heterocycles. The molecule has 11 heavy (non-hydrogen) atoms. The molecule has 64 valence electrons.